The van der Waals surface area contributed by atoms with Gasteiger partial charge >= 0.3 is 6.09 Å². The van der Waals surface area contributed by atoms with Crippen LogP contribution < -0.4 is 5.01 Å². The zero-order chi connectivity index (χ0) is 17.5. The Hall–Kier alpha value is -3.49. The summed E-state index contributed by atoms with van der Waals surface area (Å²) in [5.41, 5.74) is -0.0874. The molecular weight excluding hydrogens is 318 g/mol. The van der Waals surface area contributed by atoms with Gasteiger partial charge in [0.05, 0.1) is 0 Å². The number of amides is 1. The van der Waals surface area contributed by atoms with E-state index in [1.54, 1.807) is 30.3 Å². The van der Waals surface area contributed by atoms with Crippen molar-refractivity contribution < 1.29 is 23.9 Å². The molecule has 0 radical (unpaired) electrons. The van der Waals surface area contributed by atoms with Crippen LogP contribution in [0.2, 0.25) is 0 Å². The van der Waals surface area contributed by atoms with Crippen LogP contribution in [0.1, 0.15) is 22.5 Å². The summed E-state index contributed by atoms with van der Waals surface area (Å²) < 4.78 is 9.51. The third-order valence-electron chi connectivity index (χ3n) is 2.91. The molecular formula is C15H13N3O6. The molecule has 0 fully saturated rings. The third-order valence-corrected chi connectivity index (χ3v) is 2.91. The van der Waals surface area contributed by atoms with Crippen LogP contribution in [0.3, 0.4) is 0 Å². The highest BCUT2D eigenvalue weighted by molar-refractivity contribution is 6.02. The molecule has 0 aliphatic heterocycles. The highest BCUT2D eigenvalue weighted by Gasteiger charge is 2.35. The number of anilines is 1. The molecule has 124 valence electrons. The zero-order valence-corrected chi connectivity index (χ0v) is 12.5. The first-order chi connectivity index (χ1) is 11.5. The predicted octanol–water partition coefficient (Wildman–Crippen LogP) is 2.77. The van der Waals surface area contributed by atoms with Gasteiger partial charge in [-0.2, -0.15) is 0 Å². The van der Waals surface area contributed by atoms with Gasteiger partial charge in [0.15, 0.2) is 28.5 Å². The predicted molar refractivity (Wildman–Crippen MR) is 81.7 cm³/mol. The maximum absolute atomic E-state index is 12.1. The Kier molecular flexibility index (Phi) is 5.40. The maximum Gasteiger partial charge on any atom is 0.473 e. The molecule has 1 aromatic heterocycles. The molecule has 1 amide bonds. The maximum atomic E-state index is 12.1. The fourth-order valence-corrected chi connectivity index (χ4v) is 1.84. The van der Waals surface area contributed by atoms with E-state index < -0.39 is 22.6 Å². The second-order valence-electron chi connectivity index (χ2n) is 4.55. The van der Waals surface area contributed by atoms with Crippen LogP contribution in [0.4, 0.5) is 10.5 Å². The third kappa shape index (κ3) is 3.83. The van der Waals surface area contributed by atoms with Crippen molar-refractivity contribution in [1.29, 1.82) is 0 Å². The summed E-state index contributed by atoms with van der Waals surface area (Å²) in [5.74, 6) is -0.573. The Morgan fingerprint density at radius 3 is 2.71 bits per heavy atom. The first-order valence-corrected chi connectivity index (χ1v) is 6.78. The molecule has 0 N–H and O–H groups in total. The quantitative estimate of drug-likeness (QED) is 0.331. The second kappa shape index (κ2) is 7.68. The molecule has 0 saturated heterocycles. The van der Waals surface area contributed by atoms with Gasteiger partial charge in [0.1, 0.15) is 6.61 Å². The summed E-state index contributed by atoms with van der Waals surface area (Å²) in [7, 11) is 0. The van der Waals surface area contributed by atoms with E-state index >= 15 is 0 Å². The molecule has 2 aromatic rings. The number of hydrogen-bond acceptors (Lipinski definition) is 7. The van der Waals surface area contributed by atoms with Crippen molar-refractivity contribution in [1.82, 2.24) is 5.16 Å². The van der Waals surface area contributed by atoms with E-state index in [0.29, 0.717) is 5.56 Å². The molecule has 24 heavy (non-hydrogen) atoms. The summed E-state index contributed by atoms with van der Waals surface area (Å²) in [4.78, 5) is 35.1. The molecule has 1 aromatic carbocycles. The van der Waals surface area contributed by atoms with Gasteiger partial charge in [0, 0.05) is 11.4 Å². The smallest absolute Gasteiger partial charge is 0.441 e. The van der Waals surface area contributed by atoms with E-state index in [-0.39, 0.29) is 23.7 Å². The lowest BCUT2D eigenvalue weighted by atomic mass is 10.2. The first-order valence-electron chi connectivity index (χ1n) is 6.78. The number of rotatable bonds is 7. The number of ether oxygens (including phenoxy) is 1. The Morgan fingerprint density at radius 1 is 1.38 bits per heavy atom. The van der Waals surface area contributed by atoms with Crippen molar-refractivity contribution in [3.8, 4) is 0 Å². The Morgan fingerprint density at radius 2 is 2.08 bits per heavy atom. The number of aromatic nitrogens is 1. The van der Waals surface area contributed by atoms with E-state index in [9.17, 15) is 19.7 Å². The SMILES string of the molecule is C=CCC(=O)c1nocc1N(C(=O)OCc1ccccc1)[N+](=O)[O-]. The second-order valence-corrected chi connectivity index (χ2v) is 4.55. The number of allylic oxidation sites excluding steroid dienone is 1. The summed E-state index contributed by atoms with van der Waals surface area (Å²) in [6.07, 6.45) is 0.776. The largest absolute Gasteiger partial charge is 0.473 e. The van der Waals surface area contributed by atoms with E-state index in [4.69, 9.17) is 4.74 Å². The van der Waals surface area contributed by atoms with Crippen molar-refractivity contribution in [2.24, 2.45) is 0 Å². The number of nitro groups is 1. The minimum atomic E-state index is -1.26. The van der Waals surface area contributed by atoms with Gasteiger partial charge < -0.3 is 9.26 Å². The van der Waals surface area contributed by atoms with Gasteiger partial charge in [0.2, 0.25) is 0 Å². The number of carbonyl (C=O) groups excluding carboxylic acids is 2. The fraction of sp³-hybridized carbons (Fsp3) is 0.133. The molecule has 0 spiro atoms. The van der Waals surface area contributed by atoms with E-state index in [1.807, 2.05) is 0 Å². The summed E-state index contributed by atoms with van der Waals surface area (Å²) in [6, 6.07) is 8.65. The zero-order valence-electron chi connectivity index (χ0n) is 12.5. The molecule has 9 heteroatoms. The van der Waals surface area contributed by atoms with E-state index in [1.165, 1.54) is 6.08 Å². The van der Waals surface area contributed by atoms with Gasteiger partial charge in [-0.15, -0.1) is 6.58 Å². The average Bonchev–Trinajstić information content (AvgIpc) is 3.03. The van der Waals surface area contributed by atoms with Crippen LogP contribution in [0, 0.1) is 10.1 Å². The van der Waals surface area contributed by atoms with Gasteiger partial charge in [-0.25, -0.2) is 14.9 Å². The van der Waals surface area contributed by atoms with Crippen LogP contribution in [-0.4, -0.2) is 22.1 Å². The average molecular weight is 331 g/mol. The van der Waals surface area contributed by atoms with Crippen molar-refractivity contribution in [3.63, 3.8) is 0 Å². The number of carbonyl (C=O) groups is 2. The minimum absolute atomic E-state index is 0.0791. The Bertz CT molecular complexity index is 756. The van der Waals surface area contributed by atoms with Crippen molar-refractivity contribution in [2.75, 3.05) is 5.01 Å². The number of hydrogen-bond donors (Lipinski definition) is 0. The van der Waals surface area contributed by atoms with Gasteiger partial charge in [-0.1, -0.05) is 41.6 Å². The molecule has 9 nitrogen and oxygen atoms in total. The summed E-state index contributed by atoms with van der Waals surface area (Å²) >= 11 is 0. The van der Waals surface area contributed by atoms with Gasteiger partial charge in [-0.3, -0.25) is 4.79 Å². The lowest BCUT2D eigenvalue weighted by molar-refractivity contribution is -0.483. The van der Waals surface area contributed by atoms with Crippen molar-refractivity contribution >= 4 is 17.6 Å². The molecule has 2 rings (SSSR count). The van der Waals surface area contributed by atoms with Crippen molar-refractivity contribution in [3.05, 3.63) is 70.6 Å². The number of benzene rings is 1. The summed E-state index contributed by atoms with van der Waals surface area (Å²) in [6.45, 7) is 3.24. The number of nitrogens with zero attached hydrogens (tertiary/aromatic N) is 3. The molecule has 0 aliphatic rings. The fourth-order valence-electron chi connectivity index (χ4n) is 1.84. The van der Waals surface area contributed by atoms with Crippen molar-refractivity contribution in [2.45, 2.75) is 13.0 Å². The van der Waals surface area contributed by atoms with E-state index in [2.05, 4.69) is 16.3 Å². The van der Waals surface area contributed by atoms with Crippen LogP contribution in [0.5, 0.6) is 0 Å². The van der Waals surface area contributed by atoms with Crippen LogP contribution in [0.15, 0.2) is 53.8 Å². The molecule has 0 saturated carbocycles. The Balaban J connectivity index is 2.19. The molecule has 0 unspecified atom stereocenters. The van der Waals surface area contributed by atoms with Crippen LogP contribution in [0.25, 0.3) is 0 Å². The minimum Gasteiger partial charge on any atom is -0.441 e. The lowest BCUT2D eigenvalue weighted by Crippen LogP contribution is -2.37. The highest BCUT2D eigenvalue weighted by Crippen LogP contribution is 2.22. The lowest BCUT2D eigenvalue weighted by Gasteiger charge is -2.11. The van der Waals surface area contributed by atoms with Gasteiger partial charge in [-0.05, 0) is 5.56 Å². The number of hydrazine groups is 1. The number of Topliss-reactive ketones (excluding diaryl/α,β-unsaturated/α-hetero) is 1. The Labute approximate surface area is 136 Å². The molecule has 0 bridgehead atoms. The molecule has 0 aliphatic carbocycles. The van der Waals surface area contributed by atoms with Crippen LogP contribution >= 0.6 is 0 Å². The van der Waals surface area contributed by atoms with Crippen LogP contribution in [-0.2, 0) is 11.3 Å². The van der Waals surface area contributed by atoms with E-state index in [0.717, 1.165) is 6.26 Å². The topological polar surface area (TPSA) is 116 Å². The highest BCUT2D eigenvalue weighted by atomic mass is 16.7. The monoisotopic (exact) mass is 331 g/mol. The first kappa shape index (κ1) is 16.9. The molecule has 1 heterocycles. The molecule has 0 atom stereocenters. The number of ketones is 1. The standard InChI is InChI=1S/C15H13N3O6/c1-2-6-13(19)14-12(10-24-16-14)17(18(21)22)15(20)23-9-11-7-4-3-5-8-11/h2-5,7-8,10H,1,6,9H2. The summed E-state index contributed by atoms with van der Waals surface area (Å²) in [5, 5.41) is 13.7. The normalized spacial score (nSPS) is 10.0. The van der Waals surface area contributed by atoms with Gasteiger partial charge in [0.25, 0.3) is 0 Å².